The molecule has 2 rings (SSSR count). The summed E-state index contributed by atoms with van der Waals surface area (Å²) < 4.78 is 5.53. The van der Waals surface area contributed by atoms with Crippen molar-refractivity contribution in [2.24, 2.45) is 0 Å². The van der Waals surface area contributed by atoms with E-state index in [0.29, 0.717) is 22.9 Å². The molecule has 0 fully saturated rings. The summed E-state index contributed by atoms with van der Waals surface area (Å²) in [6, 6.07) is 14.2. The second-order valence-corrected chi connectivity index (χ2v) is 5.53. The van der Waals surface area contributed by atoms with E-state index >= 15 is 0 Å². The number of hydrogen-bond acceptors (Lipinski definition) is 4. The normalized spacial score (nSPS) is 12.1. The van der Waals surface area contributed by atoms with Crippen molar-refractivity contribution in [3.8, 4) is 5.75 Å². The van der Waals surface area contributed by atoms with Crippen molar-refractivity contribution in [2.45, 2.75) is 6.10 Å². The van der Waals surface area contributed by atoms with Gasteiger partial charge in [-0.3, -0.25) is 0 Å². The fourth-order valence-electron chi connectivity index (χ4n) is 1.93. The fourth-order valence-corrected chi connectivity index (χ4v) is 2.06. The molecule has 0 saturated heterocycles. The maximum Gasteiger partial charge on any atom is 0.328 e. The van der Waals surface area contributed by atoms with Gasteiger partial charge in [-0.25, -0.2) is 4.79 Å². The van der Waals surface area contributed by atoms with Crippen LogP contribution < -0.4 is 10.1 Å². The summed E-state index contributed by atoms with van der Waals surface area (Å²) in [5.41, 5.74) is 1.57. The van der Waals surface area contributed by atoms with Crippen LogP contribution in [0.2, 0.25) is 5.02 Å². The van der Waals surface area contributed by atoms with Gasteiger partial charge < -0.3 is 20.3 Å². The van der Waals surface area contributed by atoms with Gasteiger partial charge in [-0.05, 0) is 48.0 Å². The van der Waals surface area contributed by atoms with E-state index in [2.05, 4.69) is 5.32 Å². The Morgan fingerprint density at radius 1 is 1.25 bits per heavy atom. The van der Waals surface area contributed by atoms with Crippen molar-refractivity contribution in [1.29, 1.82) is 0 Å². The summed E-state index contributed by atoms with van der Waals surface area (Å²) in [5, 5.41) is 22.3. The van der Waals surface area contributed by atoms with Crippen LogP contribution in [-0.2, 0) is 4.79 Å². The lowest BCUT2D eigenvalue weighted by Crippen LogP contribution is -2.26. The van der Waals surface area contributed by atoms with Crippen molar-refractivity contribution < 1.29 is 19.7 Å². The van der Waals surface area contributed by atoms with E-state index < -0.39 is 12.1 Å². The van der Waals surface area contributed by atoms with Gasteiger partial charge in [0.05, 0.1) is 0 Å². The maximum absolute atomic E-state index is 10.5. The molecule has 6 heteroatoms. The van der Waals surface area contributed by atoms with Crippen molar-refractivity contribution in [3.63, 3.8) is 0 Å². The number of hydrogen-bond donors (Lipinski definition) is 3. The first kappa shape index (κ1) is 17.8. The number of aliphatic hydroxyl groups is 1. The first-order valence-electron chi connectivity index (χ1n) is 7.34. The van der Waals surface area contributed by atoms with E-state index in [1.165, 1.54) is 6.08 Å². The highest BCUT2D eigenvalue weighted by atomic mass is 35.5. The number of carbonyl (C=O) groups is 1. The molecule has 0 radical (unpaired) electrons. The predicted molar refractivity (Wildman–Crippen MR) is 94.6 cm³/mol. The first-order chi connectivity index (χ1) is 11.5. The molecule has 2 aromatic carbocycles. The lowest BCUT2D eigenvalue weighted by molar-refractivity contribution is -0.131. The molecule has 0 saturated carbocycles. The minimum absolute atomic E-state index is 0.118. The number of carboxylic acids is 1. The van der Waals surface area contributed by atoms with Crippen LogP contribution in [0.15, 0.2) is 54.6 Å². The van der Waals surface area contributed by atoms with Gasteiger partial charge in [0.1, 0.15) is 18.5 Å². The van der Waals surface area contributed by atoms with Crippen LogP contribution in [0.5, 0.6) is 5.75 Å². The molecule has 0 heterocycles. The number of carboxylic acid groups (broad SMARTS) is 1. The van der Waals surface area contributed by atoms with Crippen LogP contribution in [0, 0.1) is 0 Å². The average Bonchev–Trinajstić information content (AvgIpc) is 2.58. The monoisotopic (exact) mass is 347 g/mol. The molecule has 24 heavy (non-hydrogen) atoms. The molecule has 126 valence electrons. The summed E-state index contributed by atoms with van der Waals surface area (Å²) in [6.07, 6.45) is 1.84. The van der Waals surface area contributed by atoms with Gasteiger partial charge in [0.25, 0.3) is 0 Å². The Bertz CT molecular complexity index is 700. The lowest BCUT2D eigenvalue weighted by atomic mass is 10.2. The number of rotatable bonds is 8. The number of aliphatic hydroxyl groups excluding tert-OH is 1. The first-order valence-corrected chi connectivity index (χ1v) is 7.72. The Kier molecular flexibility index (Phi) is 6.66. The Morgan fingerprint density at radius 3 is 2.71 bits per heavy atom. The summed E-state index contributed by atoms with van der Waals surface area (Å²) in [6.45, 7) is 0.451. The van der Waals surface area contributed by atoms with Crippen LogP contribution in [0.25, 0.3) is 6.08 Å². The number of aliphatic carboxylic acids is 1. The van der Waals surface area contributed by atoms with Crippen molar-refractivity contribution >= 4 is 29.3 Å². The molecular weight excluding hydrogens is 330 g/mol. The van der Waals surface area contributed by atoms with Gasteiger partial charge in [-0.2, -0.15) is 0 Å². The van der Waals surface area contributed by atoms with Gasteiger partial charge in [-0.1, -0.05) is 23.7 Å². The second-order valence-electron chi connectivity index (χ2n) is 5.10. The average molecular weight is 348 g/mol. The highest BCUT2D eigenvalue weighted by Gasteiger charge is 2.05. The van der Waals surface area contributed by atoms with Crippen LogP contribution in [0.1, 0.15) is 5.56 Å². The molecule has 0 aliphatic rings. The molecule has 1 unspecified atom stereocenters. The van der Waals surface area contributed by atoms with E-state index in [1.807, 2.05) is 12.1 Å². The van der Waals surface area contributed by atoms with E-state index in [4.69, 9.17) is 21.4 Å². The van der Waals surface area contributed by atoms with Crippen molar-refractivity contribution in [1.82, 2.24) is 0 Å². The van der Waals surface area contributed by atoms with E-state index in [-0.39, 0.29) is 6.61 Å². The van der Waals surface area contributed by atoms with Crippen LogP contribution >= 0.6 is 11.6 Å². The molecule has 5 nitrogen and oxygen atoms in total. The van der Waals surface area contributed by atoms with Gasteiger partial charge in [0.2, 0.25) is 0 Å². The smallest absolute Gasteiger partial charge is 0.328 e. The summed E-state index contributed by atoms with van der Waals surface area (Å²) in [7, 11) is 0. The Labute approximate surface area is 145 Å². The standard InChI is InChI=1S/C18H18ClNO4/c19-14-5-7-15(8-6-14)20-11-16(21)12-24-17-3-1-2-13(10-17)4-9-18(22)23/h1-10,16,20-21H,11-12H2,(H,22,23). The molecule has 1 atom stereocenters. The molecule has 0 spiro atoms. The zero-order valence-electron chi connectivity index (χ0n) is 12.9. The number of nitrogens with one attached hydrogen (secondary N) is 1. The molecule has 2 aromatic rings. The van der Waals surface area contributed by atoms with Crippen molar-refractivity contribution in [2.75, 3.05) is 18.5 Å². The Hall–Kier alpha value is -2.50. The van der Waals surface area contributed by atoms with Crippen molar-refractivity contribution in [3.05, 3.63) is 65.2 Å². The Balaban J connectivity index is 1.80. The zero-order chi connectivity index (χ0) is 17.4. The van der Waals surface area contributed by atoms with E-state index in [9.17, 15) is 9.90 Å². The molecule has 0 aliphatic carbocycles. The quantitative estimate of drug-likeness (QED) is 0.639. The minimum atomic E-state index is -1.01. The van der Waals surface area contributed by atoms with Crippen LogP contribution in [0.4, 0.5) is 5.69 Å². The molecule has 0 aromatic heterocycles. The third-order valence-electron chi connectivity index (χ3n) is 3.10. The van der Waals surface area contributed by atoms with E-state index in [1.54, 1.807) is 36.4 Å². The third-order valence-corrected chi connectivity index (χ3v) is 3.36. The van der Waals surface area contributed by atoms with Gasteiger partial charge in [-0.15, -0.1) is 0 Å². The minimum Gasteiger partial charge on any atom is -0.491 e. The SMILES string of the molecule is O=C(O)C=Cc1cccc(OCC(O)CNc2ccc(Cl)cc2)c1. The molecule has 3 N–H and O–H groups in total. The number of benzene rings is 2. The second kappa shape index (κ2) is 8.96. The fraction of sp³-hybridized carbons (Fsp3) is 0.167. The molecular formula is C18H18ClNO4. The summed E-state index contributed by atoms with van der Waals surface area (Å²) in [5.74, 6) is -0.446. The topological polar surface area (TPSA) is 78.8 Å². The number of anilines is 1. The maximum atomic E-state index is 10.5. The Morgan fingerprint density at radius 2 is 2.00 bits per heavy atom. The van der Waals surface area contributed by atoms with E-state index in [0.717, 1.165) is 11.8 Å². The van der Waals surface area contributed by atoms with Gasteiger partial charge >= 0.3 is 5.97 Å². The van der Waals surface area contributed by atoms with Gasteiger partial charge in [0, 0.05) is 23.3 Å². The molecule has 0 bridgehead atoms. The predicted octanol–water partition coefficient (Wildman–Crippen LogP) is 3.29. The lowest BCUT2D eigenvalue weighted by Gasteiger charge is -2.14. The zero-order valence-corrected chi connectivity index (χ0v) is 13.6. The summed E-state index contributed by atoms with van der Waals surface area (Å²) in [4.78, 5) is 10.5. The highest BCUT2D eigenvalue weighted by molar-refractivity contribution is 6.30. The molecule has 0 amide bonds. The number of ether oxygens (including phenoxy) is 1. The third kappa shape index (κ3) is 6.32. The summed E-state index contributed by atoms with van der Waals surface area (Å²) >= 11 is 5.81. The van der Waals surface area contributed by atoms with Crippen LogP contribution in [-0.4, -0.2) is 35.4 Å². The van der Waals surface area contributed by atoms with Gasteiger partial charge in [0.15, 0.2) is 0 Å². The largest absolute Gasteiger partial charge is 0.491 e. The highest BCUT2D eigenvalue weighted by Crippen LogP contribution is 2.15. The molecule has 0 aliphatic heterocycles. The van der Waals surface area contributed by atoms with Crippen LogP contribution in [0.3, 0.4) is 0 Å². The number of halogens is 1.